The smallest absolute Gasteiger partial charge is 0.295 e. The summed E-state index contributed by atoms with van der Waals surface area (Å²) in [6, 6.07) is 5.13. The molecule has 1 fully saturated rings. The molecule has 1 aromatic carbocycles. The van der Waals surface area contributed by atoms with E-state index >= 15 is 0 Å². The van der Waals surface area contributed by atoms with Crippen molar-refractivity contribution in [3.63, 3.8) is 0 Å². The number of Topliss-reactive ketones (excluding diaryl/α,β-unsaturated/α-hetero) is 1. The van der Waals surface area contributed by atoms with Crippen molar-refractivity contribution < 1.29 is 19.4 Å². The normalized spacial score (nSPS) is 17.9. The first-order valence-electron chi connectivity index (χ1n) is 7.27. The van der Waals surface area contributed by atoms with Crippen molar-refractivity contribution in [2.75, 3.05) is 20.3 Å². The Balaban J connectivity index is 1.97. The number of rotatable bonds is 4. The number of methoxy groups -OCH3 is 1. The Bertz CT molecular complexity index is 722. The third kappa shape index (κ3) is 2.25. The summed E-state index contributed by atoms with van der Waals surface area (Å²) in [6.45, 7) is 0.394. The van der Waals surface area contributed by atoms with Crippen molar-refractivity contribution in [1.82, 2.24) is 9.88 Å². The number of carbonyl (C=O) groups is 2. The van der Waals surface area contributed by atoms with Crippen molar-refractivity contribution in [3.8, 4) is 5.75 Å². The summed E-state index contributed by atoms with van der Waals surface area (Å²) in [7, 11) is 1.53. The summed E-state index contributed by atoms with van der Waals surface area (Å²) in [5.41, 5.74) is 1.05. The second kappa shape index (κ2) is 5.81. The summed E-state index contributed by atoms with van der Waals surface area (Å²) in [6.07, 6.45) is 3.08. The first-order valence-corrected chi connectivity index (χ1v) is 7.27. The van der Waals surface area contributed by atoms with Crippen molar-refractivity contribution in [2.45, 2.75) is 18.9 Å². The molecular formula is C16H18N2O4. The van der Waals surface area contributed by atoms with Gasteiger partial charge in [0.1, 0.15) is 5.75 Å². The zero-order valence-corrected chi connectivity index (χ0v) is 12.3. The maximum Gasteiger partial charge on any atom is 0.295 e. The van der Waals surface area contributed by atoms with Gasteiger partial charge in [-0.05, 0) is 25.0 Å². The van der Waals surface area contributed by atoms with E-state index in [2.05, 4.69) is 4.98 Å². The zero-order valence-electron chi connectivity index (χ0n) is 12.3. The maximum absolute atomic E-state index is 12.6. The Morgan fingerprint density at radius 2 is 2.27 bits per heavy atom. The SMILES string of the molecule is COc1cccc2[nH]cc(C(=O)C(=O)N3CCC[C@H]3CO)c12. The fourth-order valence-corrected chi connectivity index (χ4v) is 3.04. The van der Waals surface area contributed by atoms with Crippen molar-refractivity contribution >= 4 is 22.6 Å². The number of benzene rings is 1. The van der Waals surface area contributed by atoms with Crippen LogP contribution in [-0.2, 0) is 4.79 Å². The van der Waals surface area contributed by atoms with Gasteiger partial charge in [-0.25, -0.2) is 0 Å². The average molecular weight is 302 g/mol. The van der Waals surface area contributed by atoms with Crippen LogP contribution in [0.2, 0.25) is 0 Å². The zero-order chi connectivity index (χ0) is 15.7. The number of aliphatic hydroxyl groups excluding tert-OH is 1. The Morgan fingerprint density at radius 1 is 1.45 bits per heavy atom. The number of aromatic amines is 1. The molecule has 1 aliphatic heterocycles. The van der Waals surface area contributed by atoms with Gasteiger partial charge in [-0.3, -0.25) is 9.59 Å². The van der Waals surface area contributed by atoms with E-state index in [0.29, 0.717) is 23.2 Å². The second-order valence-corrected chi connectivity index (χ2v) is 5.39. The number of aromatic nitrogens is 1. The Labute approximate surface area is 127 Å². The molecule has 1 aliphatic rings. The summed E-state index contributed by atoms with van der Waals surface area (Å²) in [5, 5.41) is 9.93. The van der Waals surface area contributed by atoms with E-state index < -0.39 is 11.7 Å². The number of likely N-dealkylation sites (tertiary alicyclic amines) is 1. The first kappa shape index (κ1) is 14.6. The van der Waals surface area contributed by atoms with Gasteiger partial charge < -0.3 is 19.7 Å². The number of amides is 1. The van der Waals surface area contributed by atoms with Crippen LogP contribution in [0, 0.1) is 0 Å². The van der Waals surface area contributed by atoms with Gasteiger partial charge in [-0.2, -0.15) is 0 Å². The number of aliphatic hydroxyl groups is 1. The minimum absolute atomic E-state index is 0.115. The number of ether oxygens (including phenoxy) is 1. The monoisotopic (exact) mass is 302 g/mol. The Morgan fingerprint density at radius 3 is 3.00 bits per heavy atom. The Hall–Kier alpha value is -2.34. The Kier molecular flexibility index (Phi) is 3.85. The molecule has 2 heterocycles. The molecule has 0 bridgehead atoms. The van der Waals surface area contributed by atoms with Gasteiger partial charge >= 0.3 is 0 Å². The van der Waals surface area contributed by atoms with Gasteiger partial charge in [0.05, 0.1) is 30.7 Å². The van der Waals surface area contributed by atoms with Crippen LogP contribution in [-0.4, -0.2) is 53.0 Å². The van der Waals surface area contributed by atoms with Crippen molar-refractivity contribution in [3.05, 3.63) is 30.0 Å². The summed E-state index contributed by atoms with van der Waals surface area (Å²) >= 11 is 0. The number of hydrogen-bond donors (Lipinski definition) is 2. The van der Waals surface area contributed by atoms with E-state index in [1.165, 1.54) is 18.2 Å². The van der Waals surface area contributed by atoms with Crippen LogP contribution in [0.5, 0.6) is 5.75 Å². The third-order valence-electron chi connectivity index (χ3n) is 4.18. The van der Waals surface area contributed by atoms with Gasteiger partial charge in [0, 0.05) is 18.3 Å². The molecule has 0 saturated carbocycles. The quantitative estimate of drug-likeness (QED) is 0.659. The van der Waals surface area contributed by atoms with Crippen LogP contribution in [0.15, 0.2) is 24.4 Å². The molecule has 0 unspecified atom stereocenters. The van der Waals surface area contributed by atoms with E-state index in [1.54, 1.807) is 6.07 Å². The van der Waals surface area contributed by atoms with Gasteiger partial charge in [0.25, 0.3) is 11.7 Å². The predicted octanol–water partition coefficient (Wildman–Crippen LogP) is 1.34. The fourth-order valence-electron chi connectivity index (χ4n) is 3.04. The van der Waals surface area contributed by atoms with Gasteiger partial charge in [-0.1, -0.05) is 6.07 Å². The number of nitrogens with zero attached hydrogens (tertiary/aromatic N) is 1. The molecule has 1 saturated heterocycles. The highest BCUT2D eigenvalue weighted by atomic mass is 16.5. The van der Waals surface area contributed by atoms with Crippen LogP contribution in [0.3, 0.4) is 0 Å². The number of fused-ring (bicyclic) bond motifs is 1. The lowest BCUT2D eigenvalue weighted by Gasteiger charge is -2.22. The highest BCUT2D eigenvalue weighted by molar-refractivity contribution is 6.45. The molecule has 2 N–H and O–H groups in total. The largest absolute Gasteiger partial charge is 0.496 e. The fraction of sp³-hybridized carbons (Fsp3) is 0.375. The number of ketones is 1. The number of hydrogen-bond acceptors (Lipinski definition) is 4. The number of carbonyl (C=O) groups excluding carboxylic acids is 2. The molecule has 6 heteroatoms. The molecule has 0 spiro atoms. The third-order valence-corrected chi connectivity index (χ3v) is 4.18. The van der Waals surface area contributed by atoms with Crippen LogP contribution in [0.4, 0.5) is 0 Å². The molecule has 1 amide bonds. The average Bonchev–Trinajstić information content (AvgIpc) is 3.19. The molecule has 3 rings (SSSR count). The number of H-pyrrole nitrogens is 1. The molecule has 2 aromatic rings. The molecule has 22 heavy (non-hydrogen) atoms. The van der Waals surface area contributed by atoms with Crippen LogP contribution < -0.4 is 4.74 Å². The lowest BCUT2D eigenvalue weighted by Crippen LogP contribution is -2.41. The predicted molar refractivity (Wildman–Crippen MR) is 81.0 cm³/mol. The van der Waals surface area contributed by atoms with Crippen molar-refractivity contribution in [1.29, 1.82) is 0 Å². The molecule has 1 atom stereocenters. The van der Waals surface area contributed by atoms with Crippen molar-refractivity contribution in [2.24, 2.45) is 0 Å². The minimum Gasteiger partial charge on any atom is -0.496 e. The highest BCUT2D eigenvalue weighted by Gasteiger charge is 2.33. The molecule has 6 nitrogen and oxygen atoms in total. The molecule has 0 aliphatic carbocycles. The molecule has 0 radical (unpaired) electrons. The first-order chi connectivity index (χ1) is 10.7. The maximum atomic E-state index is 12.6. The summed E-state index contributed by atoms with van der Waals surface area (Å²) < 4.78 is 5.29. The van der Waals surface area contributed by atoms with Gasteiger partial charge in [-0.15, -0.1) is 0 Å². The highest BCUT2D eigenvalue weighted by Crippen LogP contribution is 2.29. The number of nitrogens with one attached hydrogen (secondary N) is 1. The molecule has 1 aromatic heterocycles. The second-order valence-electron chi connectivity index (χ2n) is 5.39. The minimum atomic E-state index is -0.573. The van der Waals surface area contributed by atoms with Crippen LogP contribution in [0.1, 0.15) is 23.2 Å². The summed E-state index contributed by atoms with van der Waals surface area (Å²) in [5.74, 6) is -0.588. The molecule has 116 valence electrons. The van der Waals surface area contributed by atoms with E-state index in [4.69, 9.17) is 4.74 Å². The lowest BCUT2D eigenvalue weighted by atomic mass is 10.1. The van der Waals surface area contributed by atoms with E-state index in [-0.39, 0.29) is 12.6 Å². The van der Waals surface area contributed by atoms with E-state index in [1.807, 2.05) is 12.1 Å². The lowest BCUT2D eigenvalue weighted by molar-refractivity contribution is -0.127. The van der Waals surface area contributed by atoms with Crippen LogP contribution in [0.25, 0.3) is 10.9 Å². The summed E-state index contributed by atoms with van der Waals surface area (Å²) in [4.78, 5) is 29.5. The molecular weight excluding hydrogens is 284 g/mol. The van der Waals surface area contributed by atoms with Crippen LogP contribution >= 0.6 is 0 Å². The van der Waals surface area contributed by atoms with Gasteiger partial charge in [0.15, 0.2) is 0 Å². The van der Waals surface area contributed by atoms with E-state index in [0.717, 1.165) is 18.4 Å². The standard InChI is InChI=1S/C16H18N2O4/c1-22-13-6-2-5-12-14(13)11(8-17-12)15(20)16(21)18-7-3-4-10(18)9-19/h2,5-6,8,10,17,19H,3-4,7,9H2,1H3/t10-/m0/s1. The topological polar surface area (TPSA) is 82.6 Å². The van der Waals surface area contributed by atoms with Gasteiger partial charge in [0.2, 0.25) is 0 Å². The van der Waals surface area contributed by atoms with E-state index in [9.17, 15) is 14.7 Å².